The minimum Gasteiger partial charge on any atom is -0.344 e. The van der Waals surface area contributed by atoms with E-state index in [0.717, 1.165) is 0 Å². The molecule has 3 aromatic carbocycles. The fourth-order valence-electron chi connectivity index (χ4n) is 1.88. The molecule has 0 fully saturated rings. The Hall–Kier alpha value is -1.86. The Morgan fingerprint density at radius 2 is 0.733 bits per heavy atom. The van der Waals surface area contributed by atoms with Crippen molar-refractivity contribution in [2.75, 3.05) is 0 Å². The minimum absolute atomic E-state index is 0. The maximum absolute atomic E-state index is 2.24. The maximum atomic E-state index is 2.24. The maximum Gasteiger partial charge on any atom is -0.0178 e. The van der Waals surface area contributed by atoms with Crippen LogP contribution in [0.3, 0.4) is 0 Å². The van der Waals surface area contributed by atoms with Crippen LogP contribution in [0.15, 0.2) is 60.7 Å². The van der Waals surface area contributed by atoms with E-state index in [1.165, 1.54) is 21.5 Å². The van der Waals surface area contributed by atoms with Crippen molar-refractivity contribution in [1.82, 2.24) is 6.15 Å². The third-order valence-electron chi connectivity index (χ3n) is 2.61. The van der Waals surface area contributed by atoms with E-state index < -0.39 is 0 Å². The molecule has 3 N–H and O–H groups in total. The molecule has 0 aliphatic heterocycles. The first-order valence-electron chi connectivity index (χ1n) is 4.81. The van der Waals surface area contributed by atoms with Crippen LogP contribution in [-0.2, 0) is 0 Å². The predicted octanol–water partition coefficient (Wildman–Crippen LogP) is 4.16. The van der Waals surface area contributed by atoms with Gasteiger partial charge in [-0.25, -0.2) is 0 Å². The minimum atomic E-state index is 0. The average molecular weight is 195 g/mol. The first-order valence-corrected chi connectivity index (χ1v) is 4.81. The van der Waals surface area contributed by atoms with Crippen LogP contribution in [0.25, 0.3) is 21.5 Å². The Morgan fingerprint density at radius 1 is 0.467 bits per heavy atom. The van der Waals surface area contributed by atoms with Gasteiger partial charge in [0.1, 0.15) is 0 Å². The second kappa shape index (κ2) is 3.71. The molecule has 0 saturated heterocycles. The van der Waals surface area contributed by atoms with Crippen molar-refractivity contribution in [1.29, 1.82) is 0 Å². The molecule has 0 amide bonds. The van der Waals surface area contributed by atoms with Crippen LogP contribution in [0.2, 0.25) is 0 Å². The number of fused-ring (bicyclic) bond motifs is 2. The van der Waals surface area contributed by atoms with E-state index in [1.54, 1.807) is 0 Å². The van der Waals surface area contributed by atoms with Crippen molar-refractivity contribution in [3.8, 4) is 0 Å². The van der Waals surface area contributed by atoms with Crippen LogP contribution in [-0.4, -0.2) is 0 Å². The normalized spacial score (nSPS) is 10.1. The Bertz CT molecular complexity index is 494. The number of hydrogen-bond acceptors (Lipinski definition) is 1. The molecule has 0 unspecified atom stereocenters. The van der Waals surface area contributed by atoms with E-state index in [4.69, 9.17) is 0 Å². The van der Waals surface area contributed by atoms with Crippen LogP contribution in [0.4, 0.5) is 0 Å². The highest BCUT2D eigenvalue weighted by atomic mass is 14.0. The summed E-state index contributed by atoms with van der Waals surface area (Å²) in [6.07, 6.45) is 0. The highest BCUT2D eigenvalue weighted by molar-refractivity contribution is 5.97. The molecule has 0 radical (unpaired) electrons. The summed E-state index contributed by atoms with van der Waals surface area (Å²) in [5, 5.41) is 5.25. The summed E-state index contributed by atoms with van der Waals surface area (Å²) < 4.78 is 0. The highest BCUT2D eigenvalue weighted by Crippen LogP contribution is 2.21. The second-order valence-corrected chi connectivity index (χ2v) is 3.55. The number of hydrogen-bond donors (Lipinski definition) is 1. The van der Waals surface area contributed by atoms with Gasteiger partial charge in [-0.15, -0.1) is 0 Å². The summed E-state index contributed by atoms with van der Waals surface area (Å²) in [4.78, 5) is 0. The molecule has 0 aliphatic rings. The first kappa shape index (κ1) is 9.69. The van der Waals surface area contributed by atoms with Crippen molar-refractivity contribution in [3.05, 3.63) is 60.7 Å². The van der Waals surface area contributed by atoms with Crippen LogP contribution in [0.1, 0.15) is 0 Å². The van der Waals surface area contributed by atoms with Gasteiger partial charge in [-0.1, -0.05) is 48.5 Å². The van der Waals surface area contributed by atoms with Gasteiger partial charge in [0.2, 0.25) is 0 Å². The molecule has 0 heterocycles. The van der Waals surface area contributed by atoms with Gasteiger partial charge in [0, 0.05) is 0 Å². The van der Waals surface area contributed by atoms with Gasteiger partial charge >= 0.3 is 0 Å². The Kier molecular flexibility index (Phi) is 2.40. The summed E-state index contributed by atoms with van der Waals surface area (Å²) in [7, 11) is 0. The van der Waals surface area contributed by atoms with Gasteiger partial charge in [0.15, 0.2) is 0 Å². The molecular weight excluding hydrogens is 182 g/mol. The van der Waals surface area contributed by atoms with E-state index in [9.17, 15) is 0 Å². The van der Waals surface area contributed by atoms with Crippen LogP contribution in [0.5, 0.6) is 0 Å². The van der Waals surface area contributed by atoms with Crippen LogP contribution >= 0.6 is 0 Å². The summed E-state index contributed by atoms with van der Waals surface area (Å²) >= 11 is 0. The standard InChI is InChI=1S/C14H10.H3N/c1-2-6-12-10-14-8-4-3-7-13(14)9-11(12)5-1;/h1-10H;1H3. The second-order valence-electron chi connectivity index (χ2n) is 3.55. The zero-order valence-electron chi connectivity index (χ0n) is 8.48. The third-order valence-corrected chi connectivity index (χ3v) is 2.61. The zero-order chi connectivity index (χ0) is 9.38. The summed E-state index contributed by atoms with van der Waals surface area (Å²) in [6.45, 7) is 0. The smallest absolute Gasteiger partial charge is 0.0178 e. The lowest BCUT2D eigenvalue weighted by Crippen LogP contribution is -1.74. The van der Waals surface area contributed by atoms with Crippen LogP contribution in [0, 0.1) is 0 Å². The molecule has 0 bridgehead atoms. The molecule has 0 aromatic heterocycles. The zero-order valence-corrected chi connectivity index (χ0v) is 8.48. The van der Waals surface area contributed by atoms with Gasteiger partial charge < -0.3 is 6.15 Å². The lowest BCUT2D eigenvalue weighted by molar-refractivity contribution is 1.76. The third kappa shape index (κ3) is 1.58. The number of benzene rings is 3. The van der Waals surface area contributed by atoms with E-state index in [0.29, 0.717) is 0 Å². The molecule has 1 nitrogen and oxygen atoms in total. The molecule has 15 heavy (non-hydrogen) atoms. The lowest BCUT2D eigenvalue weighted by atomic mass is 10.0. The largest absolute Gasteiger partial charge is 0.344 e. The Labute approximate surface area is 88.9 Å². The van der Waals surface area contributed by atoms with Gasteiger partial charge in [-0.3, -0.25) is 0 Å². The van der Waals surface area contributed by atoms with E-state index in [2.05, 4.69) is 60.7 Å². The quantitative estimate of drug-likeness (QED) is 0.537. The number of rotatable bonds is 0. The van der Waals surface area contributed by atoms with Gasteiger partial charge in [0.05, 0.1) is 0 Å². The predicted molar refractivity (Wildman–Crippen MR) is 66.5 cm³/mol. The molecule has 0 saturated carbocycles. The molecule has 0 atom stereocenters. The van der Waals surface area contributed by atoms with Gasteiger partial charge in [-0.05, 0) is 33.7 Å². The fourth-order valence-corrected chi connectivity index (χ4v) is 1.88. The first-order chi connectivity index (χ1) is 6.93. The Balaban J connectivity index is 0.000000853. The van der Waals surface area contributed by atoms with Crippen molar-refractivity contribution in [2.45, 2.75) is 0 Å². The fraction of sp³-hybridized carbons (Fsp3) is 0. The molecule has 1 heteroatoms. The van der Waals surface area contributed by atoms with Crippen molar-refractivity contribution < 1.29 is 0 Å². The molecule has 3 rings (SSSR count). The topological polar surface area (TPSA) is 35.0 Å². The molecule has 0 aliphatic carbocycles. The lowest BCUT2D eigenvalue weighted by Gasteiger charge is -2.00. The summed E-state index contributed by atoms with van der Waals surface area (Å²) in [6, 6.07) is 21.4. The van der Waals surface area contributed by atoms with Crippen molar-refractivity contribution in [2.24, 2.45) is 0 Å². The van der Waals surface area contributed by atoms with E-state index in [1.807, 2.05) is 0 Å². The van der Waals surface area contributed by atoms with Gasteiger partial charge in [0.25, 0.3) is 0 Å². The highest BCUT2D eigenvalue weighted by Gasteiger charge is 1.95. The van der Waals surface area contributed by atoms with Crippen LogP contribution < -0.4 is 6.15 Å². The summed E-state index contributed by atoms with van der Waals surface area (Å²) in [5.41, 5.74) is 0. The van der Waals surface area contributed by atoms with E-state index in [-0.39, 0.29) is 6.15 Å². The SMILES string of the molecule is N.c1ccc2cc3ccccc3cc2c1. The summed E-state index contributed by atoms with van der Waals surface area (Å²) in [5.74, 6) is 0. The van der Waals surface area contributed by atoms with E-state index >= 15 is 0 Å². The molecule has 74 valence electrons. The monoisotopic (exact) mass is 195 g/mol. The molecule has 3 aromatic rings. The van der Waals surface area contributed by atoms with Crippen molar-refractivity contribution >= 4 is 21.5 Å². The Morgan fingerprint density at radius 3 is 1.00 bits per heavy atom. The average Bonchev–Trinajstić information content (AvgIpc) is 2.26. The van der Waals surface area contributed by atoms with Gasteiger partial charge in [-0.2, -0.15) is 0 Å². The van der Waals surface area contributed by atoms with Crippen molar-refractivity contribution in [3.63, 3.8) is 0 Å². The molecule has 0 spiro atoms. The molecular formula is C14H13N.